The summed E-state index contributed by atoms with van der Waals surface area (Å²) in [5.41, 5.74) is 7.31. The summed E-state index contributed by atoms with van der Waals surface area (Å²) in [4.78, 5) is 11.2. The lowest BCUT2D eigenvalue weighted by atomic mass is 10.0. The number of benzene rings is 1. The molecule has 0 bridgehead atoms. The molecule has 0 radical (unpaired) electrons. The molecule has 1 amide bonds. The molecule has 0 spiro atoms. The van der Waals surface area contributed by atoms with Gasteiger partial charge >= 0.3 is 0 Å². The number of hydrogen-bond donors (Lipinski definition) is 1. The van der Waals surface area contributed by atoms with Gasteiger partial charge in [0.1, 0.15) is 0 Å². The third-order valence-corrected chi connectivity index (χ3v) is 2.18. The van der Waals surface area contributed by atoms with Crippen LogP contribution in [0.3, 0.4) is 0 Å². The Bertz CT molecular complexity index is 502. The van der Waals surface area contributed by atoms with Crippen molar-refractivity contribution in [2.24, 2.45) is 12.8 Å². The Balaban J connectivity index is 2.57. The van der Waals surface area contributed by atoms with E-state index in [1.165, 1.54) is 0 Å². The SMILES string of the molecule is Cn1ccc(-c2ccccc2C(N)=O)n1. The maximum atomic E-state index is 11.2. The quantitative estimate of drug-likeness (QED) is 0.793. The number of aryl methyl sites for hydroxylation is 1. The van der Waals surface area contributed by atoms with Crippen LogP contribution in [0, 0.1) is 0 Å². The molecular weight excluding hydrogens is 190 g/mol. The highest BCUT2D eigenvalue weighted by Crippen LogP contribution is 2.20. The summed E-state index contributed by atoms with van der Waals surface area (Å²) in [7, 11) is 1.83. The van der Waals surface area contributed by atoms with Crippen molar-refractivity contribution >= 4 is 5.91 Å². The van der Waals surface area contributed by atoms with E-state index in [4.69, 9.17) is 5.73 Å². The number of nitrogens with two attached hydrogens (primary N) is 1. The first kappa shape index (κ1) is 9.45. The molecule has 0 saturated heterocycles. The molecule has 0 atom stereocenters. The van der Waals surface area contributed by atoms with Gasteiger partial charge in [0.2, 0.25) is 5.91 Å². The Labute approximate surface area is 87.3 Å². The van der Waals surface area contributed by atoms with Gasteiger partial charge in [-0.25, -0.2) is 0 Å². The van der Waals surface area contributed by atoms with Crippen LogP contribution < -0.4 is 5.73 Å². The highest BCUT2D eigenvalue weighted by atomic mass is 16.1. The Kier molecular flexibility index (Phi) is 2.25. The van der Waals surface area contributed by atoms with Gasteiger partial charge in [-0.15, -0.1) is 0 Å². The van der Waals surface area contributed by atoms with E-state index in [0.717, 1.165) is 11.3 Å². The lowest BCUT2D eigenvalue weighted by molar-refractivity contribution is 0.100. The van der Waals surface area contributed by atoms with Crippen molar-refractivity contribution in [1.29, 1.82) is 0 Å². The summed E-state index contributed by atoms with van der Waals surface area (Å²) >= 11 is 0. The monoisotopic (exact) mass is 201 g/mol. The molecule has 0 aliphatic heterocycles. The van der Waals surface area contributed by atoms with Crippen LogP contribution in [0.5, 0.6) is 0 Å². The summed E-state index contributed by atoms with van der Waals surface area (Å²) < 4.78 is 1.69. The number of nitrogens with zero attached hydrogens (tertiary/aromatic N) is 2. The molecule has 0 saturated carbocycles. The average Bonchev–Trinajstić information content (AvgIpc) is 2.65. The van der Waals surface area contributed by atoms with Crippen molar-refractivity contribution in [3.05, 3.63) is 42.1 Å². The van der Waals surface area contributed by atoms with E-state index in [1.807, 2.05) is 31.4 Å². The van der Waals surface area contributed by atoms with Gasteiger partial charge in [0, 0.05) is 24.4 Å². The van der Waals surface area contributed by atoms with Crippen molar-refractivity contribution in [2.75, 3.05) is 0 Å². The lowest BCUT2D eigenvalue weighted by Gasteiger charge is -2.02. The second-order valence-corrected chi connectivity index (χ2v) is 3.28. The van der Waals surface area contributed by atoms with Crippen molar-refractivity contribution in [3.8, 4) is 11.3 Å². The molecule has 2 rings (SSSR count). The zero-order valence-electron chi connectivity index (χ0n) is 8.34. The molecule has 2 N–H and O–H groups in total. The topological polar surface area (TPSA) is 60.9 Å². The van der Waals surface area contributed by atoms with Gasteiger partial charge in [0.15, 0.2) is 0 Å². The van der Waals surface area contributed by atoms with Gasteiger partial charge in [0.05, 0.1) is 5.69 Å². The fraction of sp³-hybridized carbons (Fsp3) is 0.0909. The van der Waals surface area contributed by atoms with Gasteiger partial charge in [-0.2, -0.15) is 5.10 Å². The standard InChI is InChI=1S/C11H11N3O/c1-14-7-6-10(13-14)8-4-2-3-5-9(8)11(12)15/h2-7H,1H3,(H2,12,15). The molecule has 0 unspecified atom stereocenters. The van der Waals surface area contributed by atoms with Crippen LogP contribution in [-0.2, 0) is 7.05 Å². The lowest BCUT2D eigenvalue weighted by Crippen LogP contribution is -2.12. The second-order valence-electron chi connectivity index (χ2n) is 3.28. The van der Waals surface area contributed by atoms with Gasteiger partial charge in [0.25, 0.3) is 0 Å². The zero-order chi connectivity index (χ0) is 10.8. The molecule has 1 aromatic heterocycles. The van der Waals surface area contributed by atoms with Crippen LogP contribution in [0.1, 0.15) is 10.4 Å². The van der Waals surface area contributed by atoms with Crippen molar-refractivity contribution in [3.63, 3.8) is 0 Å². The minimum Gasteiger partial charge on any atom is -0.366 e. The van der Waals surface area contributed by atoms with E-state index in [0.29, 0.717) is 5.56 Å². The number of hydrogen-bond acceptors (Lipinski definition) is 2. The van der Waals surface area contributed by atoms with E-state index in [2.05, 4.69) is 5.10 Å². The minimum atomic E-state index is -0.434. The van der Waals surface area contributed by atoms with E-state index in [1.54, 1.807) is 16.8 Å². The molecule has 1 heterocycles. The molecule has 0 aliphatic rings. The van der Waals surface area contributed by atoms with Gasteiger partial charge in [-0.05, 0) is 12.1 Å². The Morgan fingerprint density at radius 3 is 2.67 bits per heavy atom. The molecule has 76 valence electrons. The normalized spacial score (nSPS) is 10.2. The Morgan fingerprint density at radius 1 is 1.33 bits per heavy atom. The second kappa shape index (κ2) is 3.57. The number of aromatic nitrogens is 2. The van der Waals surface area contributed by atoms with Crippen molar-refractivity contribution < 1.29 is 4.79 Å². The van der Waals surface area contributed by atoms with Crippen molar-refractivity contribution in [1.82, 2.24) is 9.78 Å². The highest BCUT2D eigenvalue weighted by Gasteiger charge is 2.10. The number of primary amides is 1. The molecule has 0 aliphatic carbocycles. The average molecular weight is 201 g/mol. The van der Waals surface area contributed by atoms with E-state index in [-0.39, 0.29) is 0 Å². The van der Waals surface area contributed by atoms with Crippen molar-refractivity contribution in [2.45, 2.75) is 0 Å². The summed E-state index contributed by atoms with van der Waals surface area (Å²) in [5.74, 6) is -0.434. The van der Waals surface area contributed by atoms with E-state index < -0.39 is 5.91 Å². The molecule has 4 heteroatoms. The fourth-order valence-electron chi connectivity index (χ4n) is 1.48. The van der Waals surface area contributed by atoms with Crippen LogP contribution in [0.15, 0.2) is 36.5 Å². The molecule has 1 aromatic carbocycles. The third kappa shape index (κ3) is 1.74. The Morgan fingerprint density at radius 2 is 2.07 bits per heavy atom. The summed E-state index contributed by atoms with van der Waals surface area (Å²) in [6, 6.07) is 9.03. The summed E-state index contributed by atoms with van der Waals surface area (Å²) in [6.07, 6.45) is 1.83. The van der Waals surface area contributed by atoms with E-state index >= 15 is 0 Å². The Hall–Kier alpha value is -2.10. The van der Waals surface area contributed by atoms with Crippen LogP contribution in [0.2, 0.25) is 0 Å². The van der Waals surface area contributed by atoms with Gasteiger partial charge < -0.3 is 5.73 Å². The largest absolute Gasteiger partial charge is 0.366 e. The smallest absolute Gasteiger partial charge is 0.249 e. The molecule has 0 fully saturated rings. The maximum absolute atomic E-state index is 11.2. The predicted molar refractivity (Wildman–Crippen MR) is 57.2 cm³/mol. The van der Waals surface area contributed by atoms with E-state index in [9.17, 15) is 4.79 Å². The third-order valence-electron chi connectivity index (χ3n) is 2.18. The number of amides is 1. The first-order valence-electron chi connectivity index (χ1n) is 4.57. The first-order valence-corrected chi connectivity index (χ1v) is 4.57. The summed E-state index contributed by atoms with van der Waals surface area (Å²) in [6.45, 7) is 0. The fourth-order valence-corrected chi connectivity index (χ4v) is 1.48. The van der Waals surface area contributed by atoms with Crippen LogP contribution in [0.25, 0.3) is 11.3 Å². The first-order chi connectivity index (χ1) is 7.18. The molecular formula is C11H11N3O. The minimum absolute atomic E-state index is 0.434. The highest BCUT2D eigenvalue weighted by molar-refractivity contribution is 5.99. The molecule has 15 heavy (non-hydrogen) atoms. The number of carbonyl (C=O) groups is 1. The van der Waals surface area contributed by atoms with Crippen LogP contribution in [-0.4, -0.2) is 15.7 Å². The predicted octanol–water partition coefficient (Wildman–Crippen LogP) is 1.19. The van der Waals surface area contributed by atoms with Gasteiger partial charge in [-0.1, -0.05) is 18.2 Å². The van der Waals surface area contributed by atoms with Crippen LogP contribution >= 0.6 is 0 Å². The number of carbonyl (C=O) groups excluding carboxylic acids is 1. The molecule has 2 aromatic rings. The molecule has 4 nitrogen and oxygen atoms in total. The van der Waals surface area contributed by atoms with Gasteiger partial charge in [-0.3, -0.25) is 9.48 Å². The number of rotatable bonds is 2. The zero-order valence-corrected chi connectivity index (χ0v) is 8.34. The van der Waals surface area contributed by atoms with Crippen LogP contribution in [0.4, 0.5) is 0 Å². The maximum Gasteiger partial charge on any atom is 0.249 e. The summed E-state index contributed by atoms with van der Waals surface area (Å²) in [5, 5.41) is 4.23.